The van der Waals surface area contributed by atoms with E-state index >= 15 is 0 Å². The predicted octanol–water partition coefficient (Wildman–Crippen LogP) is 2.74. The van der Waals surface area contributed by atoms with Gasteiger partial charge in [-0.25, -0.2) is 0 Å². The van der Waals surface area contributed by atoms with Gasteiger partial charge in [0.2, 0.25) is 0 Å². The Morgan fingerprint density at radius 3 is 2.50 bits per heavy atom. The van der Waals surface area contributed by atoms with E-state index in [1.165, 1.54) is 17.8 Å². The van der Waals surface area contributed by atoms with Crippen molar-refractivity contribution in [1.82, 2.24) is 0 Å². The fourth-order valence-corrected chi connectivity index (χ4v) is 3.14. The second kappa shape index (κ2) is 4.31. The van der Waals surface area contributed by atoms with Crippen molar-refractivity contribution < 1.29 is 4.79 Å². The highest BCUT2D eigenvalue weighted by atomic mass is 32.2. The van der Waals surface area contributed by atoms with Crippen LogP contribution in [0, 0.1) is 11.3 Å². The number of hydrogen-bond donors (Lipinski definition) is 0. The third-order valence-electron chi connectivity index (χ3n) is 3.25. The van der Waals surface area contributed by atoms with Gasteiger partial charge in [-0.15, -0.1) is 0 Å². The van der Waals surface area contributed by atoms with Crippen molar-refractivity contribution in [2.24, 2.45) is 11.3 Å². The average molecular weight is 186 g/mol. The average Bonchev–Trinajstić information content (AvgIpc) is 2.17. The highest BCUT2D eigenvalue weighted by Crippen LogP contribution is 2.40. The van der Waals surface area contributed by atoms with Crippen LogP contribution >= 0.6 is 11.8 Å². The molecule has 1 nitrogen and oxygen atoms in total. The summed E-state index contributed by atoms with van der Waals surface area (Å²) in [5.74, 6) is 2.91. The van der Waals surface area contributed by atoms with E-state index < -0.39 is 0 Å². The third kappa shape index (κ3) is 1.85. The van der Waals surface area contributed by atoms with Gasteiger partial charge < -0.3 is 4.79 Å². The van der Waals surface area contributed by atoms with Crippen LogP contribution in [0.3, 0.4) is 0 Å². The Morgan fingerprint density at radius 2 is 2.08 bits per heavy atom. The maximum Gasteiger partial charge on any atom is 0.126 e. The van der Waals surface area contributed by atoms with Crippen molar-refractivity contribution in [3.63, 3.8) is 0 Å². The summed E-state index contributed by atoms with van der Waals surface area (Å²) in [6.07, 6.45) is 4.54. The summed E-state index contributed by atoms with van der Waals surface area (Å²) in [5.41, 5.74) is 0.0278. The van der Waals surface area contributed by atoms with Gasteiger partial charge in [0.1, 0.15) is 6.29 Å². The van der Waals surface area contributed by atoms with E-state index in [4.69, 9.17) is 0 Å². The van der Waals surface area contributed by atoms with Gasteiger partial charge in [-0.05, 0) is 30.3 Å². The summed E-state index contributed by atoms with van der Waals surface area (Å²) in [4.78, 5) is 11.1. The zero-order valence-corrected chi connectivity index (χ0v) is 8.82. The van der Waals surface area contributed by atoms with Gasteiger partial charge in [0, 0.05) is 5.41 Å². The summed E-state index contributed by atoms with van der Waals surface area (Å²) in [5, 5.41) is 0. The van der Waals surface area contributed by atoms with Crippen LogP contribution in [-0.2, 0) is 4.79 Å². The standard InChI is InChI=1S/C10H18OS/c1-3-9(2)10(8-11)4-6-12-7-5-10/h8-9H,3-7H2,1-2H3. The molecule has 0 N–H and O–H groups in total. The second-order valence-corrected chi connectivity index (χ2v) is 5.00. The smallest absolute Gasteiger partial charge is 0.126 e. The van der Waals surface area contributed by atoms with Gasteiger partial charge in [-0.2, -0.15) is 11.8 Å². The van der Waals surface area contributed by atoms with E-state index in [1.54, 1.807) is 0 Å². The molecule has 0 amide bonds. The number of hydrogen-bond acceptors (Lipinski definition) is 2. The summed E-state index contributed by atoms with van der Waals surface area (Å²) >= 11 is 1.98. The molecule has 1 unspecified atom stereocenters. The molecule has 1 aliphatic heterocycles. The van der Waals surface area contributed by atoms with E-state index in [-0.39, 0.29) is 5.41 Å². The molecular weight excluding hydrogens is 168 g/mol. The van der Waals surface area contributed by atoms with E-state index in [2.05, 4.69) is 13.8 Å². The second-order valence-electron chi connectivity index (χ2n) is 3.77. The minimum Gasteiger partial charge on any atom is -0.303 e. The Bertz CT molecular complexity index is 150. The number of thioether (sulfide) groups is 1. The summed E-state index contributed by atoms with van der Waals surface area (Å²) in [6, 6.07) is 0. The fraction of sp³-hybridized carbons (Fsp3) is 0.900. The Labute approximate surface area is 79.3 Å². The van der Waals surface area contributed by atoms with Crippen molar-refractivity contribution in [2.45, 2.75) is 33.1 Å². The number of rotatable bonds is 3. The van der Waals surface area contributed by atoms with Crippen LogP contribution in [0.4, 0.5) is 0 Å². The molecule has 2 heteroatoms. The fourth-order valence-electron chi connectivity index (χ4n) is 1.88. The van der Waals surface area contributed by atoms with Gasteiger partial charge in [-0.1, -0.05) is 20.3 Å². The van der Waals surface area contributed by atoms with Crippen LogP contribution in [0.15, 0.2) is 0 Å². The van der Waals surface area contributed by atoms with Crippen molar-refractivity contribution in [3.05, 3.63) is 0 Å². The molecule has 70 valence electrons. The van der Waals surface area contributed by atoms with E-state index in [0.29, 0.717) is 5.92 Å². The summed E-state index contributed by atoms with van der Waals surface area (Å²) in [7, 11) is 0. The van der Waals surface area contributed by atoms with Gasteiger partial charge >= 0.3 is 0 Å². The largest absolute Gasteiger partial charge is 0.303 e. The molecule has 0 saturated carbocycles. The lowest BCUT2D eigenvalue weighted by Gasteiger charge is -2.36. The van der Waals surface area contributed by atoms with Gasteiger partial charge in [-0.3, -0.25) is 0 Å². The molecule has 12 heavy (non-hydrogen) atoms. The Balaban J connectivity index is 2.65. The highest BCUT2D eigenvalue weighted by molar-refractivity contribution is 7.99. The maximum absolute atomic E-state index is 11.1. The maximum atomic E-state index is 11.1. The molecule has 1 saturated heterocycles. The SMILES string of the molecule is CCC(C)C1(C=O)CCSCC1. The molecule has 1 rings (SSSR count). The van der Waals surface area contributed by atoms with Crippen LogP contribution < -0.4 is 0 Å². The molecule has 0 aromatic carbocycles. The first-order valence-corrected chi connectivity index (χ1v) is 5.94. The Kier molecular flexibility index (Phi) is 3.63. The zero-order valence-electron chi connectivity index (χ0n) is 8.01. The molecule has 1 heterocycles. The minimum absolute atomic E-state index is 0.0278. The van der Waals surface area contributed by atoms with Crippen LogP contribution in [0.25, 0.3) is 0 Å². The first kappa shape index (κ1) is 10.1. The topological polar surface area (TPSA) is 17.1 Å². The lowest BCUT2D eigenvalue weighted by atomic mass is 9.72. The molecule has 1 fully saturated rings. The lowest BCUT2D eigenvalue weighted by molar-refractivity contribution is -0.119. The highest BCUT2D eigenvalue weighted by Gasteiger charge is 2.36. The molecule has 0 aliphatic carbocycles. The van der Waals surface area contributed by atoms with Crippen LogP contribution in [0.5, 0.6) is 0 Å². The molecule has 0 aromatic heterocycles. The minimum atomic E-state index is 0.0278. The van der Waals surface area contributed by atoms with Gasteiger partial charge in [0.15, 0.2) is 0 Å². The lowest BCUT2D eigenvalue weighted by Crippen LogP contribution is -2.34. The molecular formula is C10H18OS. The molecule has 0 radical (unpaired) electrons. The van der Waals surface area contributed by atoms with Crippen LogP contribution in [0.1, 0.15) is 33.1 Å². The van der Waals surface area contributed by atoms with E-state index in [9.17, 15) is 4.79 Å². The number of carbonyl (C=O) groups excluding carboxylic acids is 1. The van der Waals surface area contributed by atoms with Crippen molar-refractivity contribution >= 4 is 18.0 Å². The molecule has 0 spiro atoms. The normalized spacial score (nSPS) is 24.8. The summed E-state index contributed by atoms with van der Waals surface area (Å²) in [6.45, 7) is 4.39. The molecule has 0 aromatic rings. The van der Waals surface area contributed by atoms with E-state index in [1.807, 2.05) is 11.8 Å². The summed E-state index contributed by atoms with van der Waals surface area (Å²) < 4.78 is 0. The predicted molar refractivity (Wildman–Crippen MR) is 54.5 cm³/mol. The monoisotopic (exact) mass is 186 g/mol. The zero-order chi connectivity index (χ0) is 9.03. The van der Waals surface area contributed by atoms with Crippen molar-refractivity contribution in [2.75, 3.05) is 11.5 Å². The molecule has 1 aliphatic rings. The van der Waals surface area contributed by atoms with Crippen molar-refractivity contribution in [1.29, 1.82) is 0 Å². The molecule has 1 atom stereocenters. The van der Waals surface area contributed by atoms with Crippen LogP contribution in [0.2, 0.25) is 0 Å². The Morgan fingerprint density at radius 1 is 1.50 bits per heavy atom. The third-order valence-corrected chi connectivity index (χ3v) is 4.24. The van der Waals surface area contributed by atoms with Crippen LogP contribution in [-0.4, -0.2) is 17.8 Å². The van der Waals surface area contributed by atoms with Gasteiger partial charge in [0.25, 0.3) is 0 Å². The quantitative estimate of drug-likeness (QED) is 0.630. The van der Waals surface area contributed by atoms with E-state index in [0.717, 1.165) is 19.3 Å². The molecule has 0 bridgehead atoms. The van der Waals surface area contributed by atoms with Gasteiger partial charge in [0.05, 0.1) is 0 Å². The number of aldehydes is 1. The number of carbonyl (C=O) groups is 1. The first-order chi connectivity index (χ1) is 5.75. The first-order valence-electron chi connectivity index (χ1n) is 4.79. The Hall–Kier alpha value is 0.0200. The van der Waals surface area contributed by atoms with Crippen molar-refractivity contribution in [3.8, 4) is 0 Å².